The van der Waals surface area contributed by atoms with Gasteiger partial charge in [-0.2, -0.15) is 0 Å². The summed E-state index contributed by atoms with van der Waals surface area (Å²) in [7, 11) is 0. The molecule has 0 unspecified atom stereocenters. The summed E-state index contributed by atoms with van der Waals surface area (Å²) in [5, 5.41) is 36.9. The van der Waals surface area contributed by atoms with Crippen LogP contribution < -0.4 is 63.6 Å². The van der Waals surface area contributed by atoms with Crippen LogP contribution in [0.5, 0.6) is 23.0 Å². The lowest BCUT2D eigenvalue weighted by molar-refractivity contribution is -0.598. The Morgan fingerprint density at radius 2 is 0.725 bits per heavy atom. The van der Waals surface area contributed by atoms with Crippen molar-refractivity contribution in [2.24, 2.45) is 0 Å². The third-order valence-corrected chi connectivity index (χ3v) is 15.2. The van der Waals surface area contributed by atoms with E-state index in [0.29, 0.717) is 23.0 Å². The summed E-state index contributed by atoms with van der Waals surface area (Å²) in [5.41, 5.74) is 2.78. The van der Waals surface area contributed by atoms with Crippen molar-refractivity contribution in [1.29, 1.82) is 0 Å². The third-order valence-electron chi connectivity index (χ3n) is 6.71. The first-order valence-electron chi connectivity index (χ1n) is 15.2. The van der Waals surface area contributed by atoms with Crippen LogP contribution in [0.1, 0.15) is 31.9 Å². The minimum absolute atomic E-state index is 0. The van der Waals surface area contributed by atoms with Gasteiger partial charge in [-0.1, -0.05) is 51.1 Å². The number of hydrogen-bond acceptors (Lipinski definition) is 4. The summed E-state index contributed by atoms with van der Waals surface area (Å²) in [5.74, 6) is 1.29. The Morgan fingerprint density at radius 1 is 0.392 bits per heavy atom. The fourth-order valence-corrected chi connectivity index (χ4v) is 10.8. The molecule has 4 nitrogen and oxygen atoms in total. The van der Waals surface area contributed by atoms with Crippen molar-refractivity contribution in [1.82, 2.24) is 0 Å². The summed E-state index contributed by atoms with van der Waals surface area (Å²) in [6, 6.07) is 47.2. The average molecular weight is 1090 g/mol. The number of rotatable bonds is 6. The Morgan fingerprint density at radius 3 is 1.10 bits per heavy atom. The van der Waals surface area contributed by atoms with Crippen molar-refractivity contribution in [3.63, 3.8) is 0 Å². The first-order valence-corrected chi connectivity index (χ1v) is 21.7. The number of hydrogen-bond donors (Lipinski definition) is 4. The summed E-state index contributed by atoms with van der Waals surface area (Å²) in [6.45, 7) is 8.78. The van der Waals surface area contributed by atoms with Gasteiger partial charge in [-0.15, -0.1) is 37.2 Å². The zero-order chi connectivity index (χ0) is 34.5. The van der Waals surface area contributed by atoms with E-state index in [1.54, 1.807) is 42.5 Å². The zero-order valence-corrected chi connectivity index (χ0v) is 37.4. The minimum Gasteiger partial charge on any atom is -0.508 e. The van der Waals surface area contributed by atoms with Crippen LogP contribution in [0.15, 0.2) is 146 Å². The molecule has 270 valence electrons. The highest BCUT2D eigenvalue weighted by Gasteiger charge is 2.20. The largest absolute Gasteiger partial charge is 0.508 e. The molecule has 0 saturated carbocycles. The Labute approximate surface area is 351 Å². The lowest BCUT2D eigenvalue weighted by Crippen LogP contribution is -3.61. The number of phenols is 4. The lowest BCUT2D eigenvalue weighted by Gasteiger charge is -2.18. The molecular weight excluding hydrogens is 1040 g/mol. The highest BCUT2D eigenvalue weighted by molar-refractivity contribution is 5.86. The molecule has 0 fully saturated rings. The Bertz CT molecular complexity index is 1810. The molecule has 0 heterocycles. The van der Waals surface area contributed by atoms with E-state index in [2.05, 4.69) is 82.3 Å². The zero-order valence-electron chi connectivity index (χ0n) is 28.5. The van der Waals surface area contributed by atoms with Crippen LogP contribution in [0, 0.1) is 28.3 Å². The van der Waals surface area contributed by atoms with Crippen molar-refractivity contribution in [2.75, 3.05) is 0 Å². The second-order valence-corrected chi connectivity index (χ2v) is 20.7. The van der Waals surface area contributed by atoms with Gasteiger partial charge in [0.25, 0.3) is 0 Å². The number of phenolic OH excluding ortho intramolecular Hbond substituents is 4. The molecule has 51 heavy (non-hydrogen) atoms. The molecule has 0 aliphatic heterocycles. The maximum Gasteiger partial charge on any atom is 0.358 e. The summed E-state index contributed by atoms with van der Waals surface area (Å²) < 4.78 is 8.01. The van der Waals surface area contributed by atoms with Crippen LogP contribution in [-0.2, 0) is 5.41 Å². The summed E-state index contributed by atoms with van der Waals surface area (Å²) in [4.78, 5) is 0. The molecule has 6 aromatic carbocycles. The van der Waals surface area contributed by atoms with Gasteiger partial charge < -0.3 is 20.4 Å². The highest BCUT2D eigenvalue weighted by Crippen LogP contribution is 2.21. The third kappa shape index (κ3) is 16.9. The molecule has 6 rings (SSSR count). The monoisotopic (exact) mass is 1080 g/mol. The average Bonchev–Trinajstić information content (AvgIpc) is 3.07. The first-order chi connectivity index (χ1) is 22.9. The van der Waals surface area contributed by atoms with Gasteiger partial charge in [0.05, 0.1) is 0 Å². The maximum absolute atomic E-state index is 9.44. The quantitative estimate of drug-likeness (QED) is 0.189. The van der Waals surface area contributed by atoms with E-state index in [9.17, 15) is 5.11 Å². The molecule has 0 bridgehead atoms. The van der Waals surface area contributed by atoms with E-state index >= 15 is 0 Å². The number of aryl methyl sites for hydroxylation is 1. The molecule has 0 atom stereocenters. The predicted octanol–water partition coefficient (Wildman–Crippen LogP) is 1.14. The summed E-state index contributed by atoms with van der Waals surface area (Å²) >= 11 is -0.481. The molecule has 0 radical (unpaired) electrons. The maximum atomic E-state index is 9.44. The Kier molecular flexibility index (Phi) is 21.3. The molecule has 0 aliphatic rings. The van der Waals surface area contributed by atoms with Crippen molar-refractivity contribution in [3.8, 4) is 23.0 Å². The number of halogens is 6. The van der Waals surface area contributed by atoms with Gasteiger partial charge in [0.15, 0.2) is 21.4 Å². The highest BCUT2D eigenvalue weighted by atomic mass is 127. The molecule has 0 saturated heterocycles. The molecule has 6 aromatic rings. The van der Waals surface area contributed by atoms with Crippen LogP contribution in [0.4, 0.5) is 0 Å². The number of benzene rings is 6. The van der Waals surface area contributed by atoms with Gasteiger partial charge in [-0.25, -0.2) is 0 Å². The fourth-order valence-electron chi connectivity index (χ4n) is 4.11. The topological polar surface area (TPSA) is 80.9 Å². The normalized spacial score (nSPS) is 10.0. The van der Waals surface area contributed by atoms with Gasteiger partial charge in [0.2, 0.25) is 0 Å². The lowest BCUT2D eigenvalue weighted by atomic mass is 9.87. The van der Waals surface area contributed by atoms with Gasteiger partial charge in [0, 0.05) is 5.56 Å². The van der Waals surface area contributed by atoms with Crippen molar-refractivity contribution < 1.29 is 84.0 Å². The smallest absolute Gasteiger partial charge is 0.358 e. The van der Waals surface area contributed by atoms with Gasteiger partial charge >= 0.3 is 63.6 Å². The first kappa shape index (κ1) is 46.6. The van der Waals surface area contributed by atoms with E-state index in [-0.39, 0.29) is 106 Å². The van der Waals surface area contributed by atoms with E-state index in [1.807, 2.05) is 48.5 Å². The predicted molar refractivity (Wildman–Crippen MR) is 203 cm³/mol. The van der Waals surface area contributed by atoms with Gasteiger partial charge in [-0.05, 0) is 133 Å². The SMILES string of the molecule is Cc1cc(O)ccc1[I+]c1ccc(C(C)(C)C)cc1.Cl.Cl.Cl.Oc1ccc([I+]c2ccc(O)cc2)cc1.Oc1ccc([I+]c2ccccc2)cc1. The van der Waals surface area contributed by atoms with Crippen molar-refractivity contribution in [3.05, 3.63) is 178 Å². The van der Waals surface area contributed by atoms with Crippen LogP contribution in [0.3, 0.4) is 0 Å². The van der Waals surface area contributed by atoms with E-state index in [0.717, 1.165) is 0 Å². The van der Waals surface area contributed by atoms with Crippen LogP contribution >= 0.6 is 37.2 Å². The summed E-state index contributed by atoms with van der Waals surface area (Å²) in [6.07, 6.45) is 0. The van der Waals surface area contributed by atoms with E-state index in [4.69, 9.17) is 15.3 Å². The standard InChI is InChI=1S/C17H19IO.C12H9IO2.C12H9IO.3ClH/c1-12-11-15(19)9-10-16(12)18-14-7-5-13(6-8-14)17(2,3)4;14-11-5-1-9(2-6-11)13-10-3-7-12(15)8-4-10;14-12-8-6-11(7-9-12)13-10-4-2-1-3-5-10;;;/h5-11H,1-4H3;1-8H,(H-,14,15);1-9H;3*1H/p+3. The molecule has 4 N–H and O–H groups in total. The van der Waals surface area contributed by atoms with Gasteiger partial charge in [0.1, 0.15) is 23.0 Å². The van der Waals surface area contributed by atoms with Crippen LogP contribution in [-0.4, -0.2) is 20.4 Å². The molecular formula is C41H43Cl3I3O4+3. The van der Waals surface area contributed by atoms with E-state index in [1.165, 1.54) is 32.5 Å². The number of aromatic hydroxyl groups is 4. The van der Waals surface area contributed by atoms with Crippen LogP contribution in [0.2, 0.25) is 0 Å². The van der Waals surface area contributed by atoms with Crippen molar-refractivity contribution >= 4 is 37.2 Å². The molecule has 0 amide bonds. The second kappa shape index (κ2) is 23.3. The Balaban J connectivity index is 0.000000376. The van der Waals surface area contributed by atoms with E-state index < -0.39 is 0 Å². The molecule has 0 spiro atoms. The molecule has 0 aliphatic carbocycles. The fraction of sp³-hybridized carbons (Fsp3) is 0.122. The second-order valence-electron chi connectivity index (χ2n) is 11.7. The molecule has 0 aromatic heterocycles. The van der Waals surface area contributed by atoms with Crippen LogP contribution in [0.25, 0.3) is 0 Å². The van der Waals surface area contributed by atoms with Gasteiger partial charge in [-0.3, -0.25) is 0 Å². The minimum atomic E-state index is -0.219. The van der Waals surface area contributed by atoms with Crippen molar-refractivity contribution in [2.45, 2.75) is 33.1 Å². The Hall–Kier alpha value is -2.42. The molecule has 10 heteroatoms.